The number of carbonyl (C=O) groups excluding carboxylic acids is 1. The number of carbonyl (C=O) groups is 1. The first-order valence-electron chi connectivity index (χ1n) is 6.19. The SMILES string of the molecule is O=C(Cc1cc(Cl)ccc1Cl)c1cc2ccc(F)cc2s1. The van der Waals surface area contributed by atoms with Crippen LogP contribution in [0.25, 0.3) is 10.1 Å². The van der Waals surface area contributed by atoms with Crippen molar-refractivity contribution in [1.82, 2.24) is 0 Å². The molecule has 0 unspecified atom stereocenters. The molecule has 0 aliphatic heterocycles. The molecule has 0 aliphatic carbocycles. The van der Waals surface area contributed by atoms with Crippen LogP contribution in [0.5, 0.6) is 0 Å². The minimum atomic E-state index is -0.304. The predicted octanol–water partition coefficient (Wildman–Crippen LogP) is 5.77. The summed E-state index contributed by atoms with van der Waals surface area (Å²) in [5.74, 6) is -0.359. The van der Waals surface area contributed by atoms with Crippen molar-refractivity contribution in [1.29, 1.82) is 0 Å². The highest BCUT2D eigenvalue weighted by Gasteiger charge is 2.13. The second-order valence-corrected chi connectivity index (χ2v) is 6.56. The van der Waals surface area contributed by atoms with Gasteiger partial charge in [0.25, 0.3) is 0 Å². The minimum Gasteiger partial charge on any atom is -0.293 e. The number of benzene rings is 2. The van der Waals surface area contributed by atoms with Crippen LogP contribution in [0.3, 0.4) is 0 Å². The number of thiophene rings is 1. The van der Waals surface area contributed by atoms with Gasteiger partial charge in [-0.1, -0.05) is 29.3 Å². The van der Waals surface area contributed by atoms with E-state index >= 15 is 0 Å². The van der Waals surface area contributed by atoms with E-state index in [1.54, 1.807) is 30.3 Å². The summed E-state index contributed by atoms with van der Waals surface area (Å²) in [5.41, 5.74) is 0.692. The zero-order valence-corrected chi connectivity index (χ0v) is 13.0. The van der Waals surface area contributed by atoms with Crippen LogP contribution < -0.4 is 0 Å². The molecule has 0 N–H and O–H groups in total. The highest BCUT2D eigenvalue weighted by Crippen LogP contribution is 2.28. The molecule has 0 saturated heterocycles. The Labute approximate surface area is 134 Å². The van der Waals surface area contributed by atoms with Crippen LogP contribution in [0.4, 0.5) is 4.39 Å². The van der Waals surface area contributed by atoms with Crippen molar-refractivity contribution in [3.05, 3.63) is 68.8 Å². The van der Waals surface area contributed by atoms with E-state index in [0.29, 0.717) is 20.5 Å². The fourth-order valence-corrected chi connectivity index (χ4v) is 3.49. The lowest BCUT2D eigenvalue weighted by molar-refractivity contribution is 0.0997. The number of ketones is 1. The third-order valence-corrected chi connectivity index (χ3v) is 4.86. The van der Waals surface area contributed by atoms with E-state index in [9.17, 15) is 9.18 Å². The number of Topliss-reactive ketones (excluding diaryl/α,β-unsaturated/α-hetero) is 1. The Bertz CT molecular complexity index is 841. The smallest absolute Gasteiger partial charge is 0.177 e. The normalized spacial score (nSPS) is 11.0. The summed E-state index contributed by atoms with van der Waals surface area (Å²) in [6.45, 7) is 0. The molecule has 1 nitrogen and oxygen atoms in total. The molecule has 106 valence electrons. The van der Waals surface area contributed by atoms with Crippen molar-refractivity contribution < 1.29 is 9.18 Å². The Balaban J connectivity index is 1.91. The zero-order valence-electron chi connectivity index (χ0n) is 10.7. The highest BCUT2D eigenvalue weighted by atomic mass is 35.5. The van der Waals surface area contributed by atoms with Crippen LogP contribution in [0, 0.1) is 5.82 Å². The minimum absolute atomic E-state index is 0.0548. The van der Waals surface area contributed by atoms with Crippen LogP contribution >= 0.6 is 34.5 Å². The van der Waals surface area contributed by atoms with Crippen LogP contribution in [-0.2, 0) is 6.42 Å². The van der Waals surface area contributed by atoms with Gasteiger partial charge < -0.3 is 0 Å². The second-order valence-electron chi connectivity index (χ2n) is 4.63. The van der Waals surface area contributed by atoms with Crippen molar-refractivity contribution in [3.63, 3.8) is 0 Å². The molecule has 0 aliphatic rings. The standard InChI is InChI=1S/C16H9Cl2FOS/c17-11-2-4-13(18)10(5-11)6-14(20)16-7-9-1-3-12(19)8-15(9)21-16/h1-5,7-8H,6H2. The van der Waals surface area contributed by atoms with Crippen molar-refractivity contribution in [2.45, 2.75) is 6.42 Å². The number of halogens is 3. The number of rotatable bonds is 3. The molecule has 5 heteroatoms. The van der Waals surface area contributed by atoms with Crippen LogP contribution in [-0.4, -0.2) is 5.78 Å². The van der Waals surface area contributed by atoms with Crippen LogP contribution in [0.2, 0.25) is 10.0 Å². The van der Waals surface area contributed by atoms with Gasteiger partial charge in [0, 0.05) is 21.2 Å². The molecule has 21 heavy (non-hydrogen) atoms. The van der Waals surface area contributed by atoms with Crippen LogP contribution in [0.1, 0.15) is 15.2 Å². The van der Waals surface area contributed by atoms with Crippen molar-refractivity contribution in [2.24, 2.45) is 0 Å². The molecule has 2 aromatic carbocycles. The third-order valence-electron chi connectivity index (χ3n) is 3.12. The Morgan fingerprint density at radius 1 is 1.10 bits per heavy atom. The lowest BCUT2D eigenvalue weighted by Gasteiger charge is -2.03. The van der Waals surface area contributed by atoms with Gasteiger partial charge in [-0.3, -0.25) is 4.79 Å². The van der Waals surface area contributed by atoms with E-state index in [4.69, 9.17) is 23.2 Å². The van der Waals surface area contributed by atoms with Crippen molar-refractivity contribution in [3.8, 4) is 0 Å². The molecule has 3 rings (SSSR count). The van der Waals surface area contributed by atoms with Crippen molar-refractivity contribution in [2.75, 3.05) is 0 Å². The first-order valence-corrected chi connectivity index (χ1v) is 7.76. The molecule has 0 spiro atoms. The van der Waals surface area contributed by atoms with Gasteiger partial charge in [-0.05, 0) is 47.3 Å². The number of hydrogen-bond acceptors (Lipinski definition) is 2. The molecule has 0 atom stereocenters. The van der Waals surface area contributed by atoms with E-state index in [0.717, 1.165) is 10.1 Å². The molecular formula is C16H9Cl2FOS. The summed E-state index contributed by atoms with van der Waals surface area (Å²) in [6, 6.07) is 11.3. The van der Waals surface area contributed by atoms with E-state index in [-0.39, 0.29) is 18.0 Å². The maximum absolute atomic E-state index is 13.2. The molecule has 1 aromatic heterocycles. The Hall–Kier alpha value is -1.42. The van der Waals surface area contributed by atoms with Gasteiger partial charge in [0.1, 0.15) is 5.82 Å². The summed E-state index contributed by atoms with van der Waals surface area (Å²) < 4.78 is 13.9. The first kappa shape index (κ1) is 14.5. The third kappa shape index (κ3) is 3.10. The fraction of sp³-hybridized carbons (Fsp3) is 0.0625. The quantitative estimate of drug-likeness (QED) is 0.554. The van der Waals surface area contributed by atoms with Crippen molar-refractivity contribution >= 4 is 50.4 Å². The first-order chi connectivity index (χ1) is 10.0. The van der Waals surface area contributed by atoms with E-state index < -0.39 is 0 Å². The Morgan fingerprint density at radius 2 is 1.90 bits per heavy atom. The van der Waals surface area contributed by atoms with Gasteiger partial charge in [0.2, 0.25) is 0 Å². The molecule has 0 fully saturated rings. The molecule has 0 bridgehead atoms. The highest BCUT2D eigenvalue weighted by molar-refractivity contribution is 7.20. The lowest BCUT2D eigenvalue weighted by atomic mass is 10.1. The summed E-state index contributed by atoms with van der Waals surface area (Å²) in [4.78, 5) is 12.9. The molecule has 0 saturated carbocycles. The maximum atomic E-state index is 13.2. The summed E-state index contributed by atoms with van der Waals surface area (Å²) in [5, 5.41) is 1.92. The second kappa shape index (κ2) is 5.76. The average Bonchev–Trinajstić information content (AvgIpc) is 2.86. The molecule has 3 aromatic rings. The van der Waals surface area contributed by atoms with Crippen LogP contribution in [0.15, 0.2) is 42.5 Å². The summed E-state index contributed by atoms with van der Waals surface area (Å²) in [7, 11) is 0. The van der Waals surface area contributed by atoms with Gasteiger partial charge >= 0.3 is 0 Å². The van der Waals surface area contributed by atoms with Gasteiger partial charge in [-0.25, -0.2) is 4.39 Å². The number of hydrogen-bond donors (Lipinski definition) is 0. The zero-order chi connectivity index (χ0) is 15.0. The Kier molecular flexibility index (Phi) is 3.98. The summed E-state index contributed by atoms with van der Waals surface area (Å²) >= 11 is 13.3. The molecular weight excluding hydrogens is 330 g/mol. The number of fused-ring (bicyclic) bond motifs is 1. The molecule has 1 heterocycles. The Morgan fingerprint density at radius 3 is 2.71 bits per heavy atom. The van der Waals surface area contributed by atoms with E-state index in [2.05, 4.69) is 0 Å². The molecule has 0 radical (unpaired) electrons. The van der Waals surface area contributed by atoms with Gasteiger partial charge in [-0.15, -0.1) is 11.3 Å². The fourth-order valence-electron chi connectivity index (χ4n) is 2.08. The van der Waals surface area contributed by atoms with Gasteiger partial charge in [-0.2, -0.15) is 0 Å². The van der Waals surface area contributed by atoms with E-state index in [1.807, 2.05) is 0 Å². The largest absolute Gasteiger partial charge is 0.293 e. The lowest BCUT2D eigenvalue weighted by Crippen LogP contribution is -2.01. The van der Waals surface area contributed by atoms with Gasteiger partial charge in [0.05, 0.1) is 4.88 Å². The van der Waals surface area contributed by atoms with E-state index in [1.165, 1.54) is 23.5 Å². The monoisotopic (exact) mass is 338 g/mol. The molecule has 0 amide bonds. The topological polar surface area (TPSA) is 17.1 Å². The maximum Gasteiger partial charge on any atom is 0.177 e. The summed E-state index contributed by atoms with van der Waals surface area (Å²) in [6.07, 6.45) is 0.175. The average molecular weight is 339 g/mol. The van der Waals surface area contributed by atoms with Gasteiger partial charge in [0.15, 0.2) is 5.78 Å². The predicted molar refractivity (Wildman–Crippen MR) is 86.3 cm³/mol.